The van der Waals surface area contributed by atoms with Crippen LogP contribution in [0.15, 0.2) is 48.5 Å². The Kier molecular flexibility index (Phi) is 4.26. The molecular formula is C19H16N4O5. The van der Waals surface area contributed by atoms with Gasteiger partial charge in [-0.3, -0.25) is 25.0 Å². The molecule has 0 unspecified atom stereocenters. The number of non-ortho nitro benzene ring substituents is 1. The Morgan fingerprint density at radius 3 is 2.64 bits per heavy atom. The predicted octanol–water partition coefficient (Wildman–Crippen LogP) is 2.67. The molecule has 9 nitrogen and oxygen atoms in total. The molecule has 2 atom stereocenters. The van der Waals surface area contributed by atoms with Crippen LogP contribution in [-0.2, 0) is 14.3 Å². The molecule has 9 heteroatoms. The van der Waals surface area contributed by atoms with E-state index >= 15 is 0 Å². The van der Waals surface area contributed by atoms with Gasteiger partial charge in [0.2, 0.25) is 11.9 Å². The first-order valence-electron chi connectivity index (χ1n) is 8.70. The number of aromatic nitrogens is 2. The average Bonchev–Trinajstić information content (AvgIpc) is 3.05. The van der Waals surface area contributed by atoms with Crippen LogP contribution in [0.4, 0.5) is 11.6 Å². The van der Waals surface area contributed by atoms with Gasteiger partial charge in [0, 0.05) is 12.1 Å². The van der Waals surface area contributed by atoms with Crippen LogP contribution in [0.5, 0.6) is 0 Å². The zero-order chi connectivity index (χ0) is 19.8. The van der Waals surface area contributed by atoms with E-state index in [1.807, 2.05) is 18.2 Å². The maximum absolute atomic E-state index is 12.7. The summed E-state index contributed by atoms with van der Waals surface area (Å²) in [6.45, 7) is 1.80. The number of amides is 1. The molecule has 142 valence electrons. The van der Waals surface area contributed by atoms with Crippen molar-refractivity contribution < 1.29 is 19.2 Å². The van der Waals surface area contributed by atoms with Crippen LogP contribution >= 0.6 is 0 Å². The van der Waals surface area contributed by atoms with Gasteiger partial charge >= 0.3 is 5.97 Å². The summed E-state index contributed by atoms with van der Waals surface area (Å²) < 4.78 is 6.89. The van der Waals surface area contributed by atoms with Crippen LogP contribution in [0.3, 0.4) is 0 Å². The van der Waals surface area contributed by atoms with Crippen molar-refractivity contribution in [2.45, 2.75) is 13.0 Å². The Balaban J connectivity index is 1.92. The molecule has 1 amide bonds. The fraction of sp³-hybridized carbons (Fsp3) is 0.211. The summed E-state index contributed by atoms with van der Waals surface area (Å²) in [6.07, 6.45) is 0. The Morgan fingerprint density at radius 2 is 1.96 bits per heavy atom. The molecular weight excluding hydrogens is 364 g/mol. The monoisotopic (exact) mass is 380 g/mol. The van der Waals surface area contributed by atoms with Crippen molar-refractivity contribution >= 4 is 34.5 Å². The Bertz CT molecular complexity index is 1090. The summed E-state index contributed by atoms with van der Waals surface area (Å²) in [7, 11) is 0. The van der Waals surface area contributed by atoms with Crippen LogP contribution in [0, 0.1) is 16.0 Å². The number of esters is 1. The first-order chi connectivity index (χ1) is 13.5. The molecule has 1 aliphatic rings. The zero-order valence-electron chi connectivity index (χ0n) is 14.9. The number of benzene rings is 2. The van der Waals surface area contributed by atoms with Crippen molar-refractivity contribution in [1.29, 1.82) is 0 Å². The Labute approximate surface area is 159 Å². The van der Waals surface area contributed by atoms with E-state index in [-0.39, 0.29) is 12.3 Å². The van der Waals surface area contributed by atoms with E-state index in [1.54, 1.807) is 29.7 Å². The van der Waals surface area contributed by atoms with Gasteiger partial charge in [0.15, 0.2) is 5.92 Å². The summed E-state index contributed by atoms with van der Waals surface area (Å²) >= 11 is 0. The van der Waals surface area contributed by atoms with Gasteiger partial charge in [-0.2, -0.15) is 0 Å². The maximum Gasteiger partial charge on any atom is 0.321 e. The number of anilines is 1. The number of fused-ring (bicyclic) bond motifs is 3. The highest BCUT2D eigenvalue weighted by molar-refractivity contribution is 6.07. The lowest BCUT2D eigenvalue weighted by atomic mass is 9.90. The molecule has 3 aromatic rings. The summed E-state index contributed by atoms with van der Waals surface area (Å²) in [5.41, 5.74) is 1.89. The molecule has 1 aromatic heterocycles. The molecule has 2 heterocycles. The molecule has 0 saturated carbocycles. The first kappa shape index (κ1) is 17.7. The fourth-order valence-corrected chi connectivity index (χ4v) is 3.50. The number of carbonyl (C=O) groups excluding carboxylic acids is 2. The summed E-state index contributed by atoms with van der Waals surface area (Å²) in [5, 5.41) is 13.7. The molecule has 1 N–H and O–H groups in total. The van der Waals surface area contributed by atoms with Crippen molar-refractivity contribution in [2.75, 3.05) is 11.9 Å². The highest BCUT2D eigenvalue weighted by Gasteiger charge is 2.44. The number of hydrogen-bond donors (Lipinski definition) is 1. The van der Waals surface area contributed by atoms with Gasteiger partial charge in [0.05, 0.1) is 28.6 Å². The standard InChI is InChI=1S/C19H16N4O5/c1-2-28-18(25)15-16(11-7-9-12(10-8-11)23(26)27)22-14-6-4-3-5-13(14)20-19(22)21-17(15)24/h3-10,15-16H,2H2,1H3,(H,20,21,24)/t15-,16+/m0/s1. The van der Waals surface area contributed by atoms with E-state index in [4.69, 9.17) is 4.74 Å². The maximum atomic E-state index is 12.7. The molecule has 0 radical (unpaired) electrons. The van der Waals surface area contributed by atoms with Gasteiger partial charge in [0.1, 0.15) is 0 Å². The number of rotatable bonds is 4. The quantitative estimate of drug-likeness (QED) is 0.322. The van der Waals surface area contributed by atoms with E-state index in [2.05, 4.69) is 10.3 Å². The minimum atomic E-state index is -1.15. The number of hydrogen-bond acceptors (Lipinski definition) is 6. The summed E-state index contributed by atoms with van der Waals surface area (Å²) in [4.78, 5) is 40.3. The van der Waals surface area contributed by atoms with E-state index in [0.717, 1.165) is 5.52 Å². The number of nitrogens with zero attached hydrogens (tertiary/aromatic N) is 3. The number of carbonyl (C=O) groups is 2. The smallest absolute Gasteiger partial charge is 0.321 e. The lowest BCUT2D eigenvalue weighted by Crippen LogP contribution is -2.43. The molecule has 0 fully saturated rings. The van der Waals surface area contributed by atoms with Gasteiger partial charge in [-0.1, -0.05) is 24.3 Å². The molecule has 0 spiro atoms. The number of ether oxygens (including phenoxy) is 1. The second-order valence-corrected chi connectivity index (χ2v) is 6.31. The number of para-hydroxylation sites is 2. The van der Waals surface area contributed by atoms with Crippen LogP contribution in [0.25, 0.3) is 11.0 Å². The Morgan fingerprint density at radius 1 is 1.25 bits per heavy atom. The van der Waals surface area contributed by atoms with E-state index in [1.165, 1.54) is 12.1 Å². The molecule has 1 aliphatic heterocycles. The third-order valence-electron chi connectivity index (χ3n) is 4.69. The molecule has 28 heavy (non-hydrogen) atoms. The topological polar surface area (TPSA) is 116 Å². The van der Waals surface area contributed by atoms with Crippen LogP contribution in [0.1, 0.15) is 18.5 Å². The Hall–Kier alpha value is -3.75. The molecule has 2 aromatic carbocycles. The number of nitrogens with one attached hydrogen (secondary N) is 1. The van der Waals surface area contributed by atoms with Crippen LogP contribution < -0.4 is 5.32 Å². The minimum Gasteiger partial charge on any atom is -0.465 e. The molecule has 0 saturated heterocycles. The summed E-state index contributed by atoms with van der Waals surface area (Å²) in [6, 6.07) is 12.4. The van der Waals surface area contributed by atoms with Crippen LogP contribution in [-0.4, -0.2) is 33.0 Å². The van der Waals surface area contributed by atoms with Gasteiger partial charge in [-0.05, 0) is 24.6 Å². The van der Waals surface area contributed by atoms with Crippen molar-refractivity contribution in [1.82, 2.24) is 9.55 Å². The van der Waals surface area contributed by atoms with Crippen molar-refractivity contribution in [3.8, 4) is 0 Å². The molecule has 0 aliphatic carbocycles. The first-order valence-corrected chi connectivity index (χ1v) is 8.70. The lowest BCUT2D eigenvalue weighted by Gasteiger charge is -2.32. The lowest BCUT2D eigenvalue weighted by molar-refractivity contribution is -0.384. The second-order valence-electron chi connectivity index (χ2n) is 6.31. The zero-order valence-corrected chi connectivity index (χ0v) is 14.9. The molecule has 0 bridgehead atoms. The largest absolute Gasteiger partial charge is 0.465 e. The third-order valence-corrected chi connectivity index (χ3v) is 4.69. The predicted molar refractivity (Wildman–Crippen MR) is 99.7 cm³/mol. The van der Waals surface area contributed by atoms with Crippen molar-refractivity contribution in [3.05, 3.63) is 64.2 Å². The van der Waals surface area contributed by atoms with Crippen molar-refractivity contribution in [3.63, 3.8) is 0 Å². The van der Waals surface area contributed by atoms with E-state index in [0.29, 0.717) is 17.0 Å². The minimum absolute atomic E-state index is 0.0765. The van der Waals surface area contributed by atoms with Gasteiger partial charge < -0.3 is 9.30 Å². The second kappa shape index (κ2) is 6.76. The highest BCUT2D eigenvalue weighted by Crippen LogP contribution is 2.38. The van der Waals surface area contributed by atoms with Crippen molar-refractivity contribution in [2.24, 2.45) is 5.92 Å². The van der Waals surface area contributed by atoms with Gasteiger partial charge in [-0.25, -0.2) is 4.98 Å². The fourth-order valence-electron chi connectivity index (χ4n) is 3.50. The summed E-state index contributed by atoms with van der Waals surface area (Å²) in [5.74, 6) is -2.02. The van der Waals surface area contributed by atoms with E-state index < -0.39 is 28.8 Å². The highest BCUT2D eigenvalue weighted by atomic mass is 16.6. The third kappa shape index (κ3) is 2.77. The van der Waals surface area contributed by atoms with Crippen LogP contribution in [0.2, 0.25) is 0 Å². The average molecular weight is 380 g/mol. The van der Waals surface area contributed by atoms with E-state index in [9.17, 15) is 19.7 Å². The normalized spacial score (nSPS) is 18.4. The number of nitro benzene ring substituents is 1. The number of imidazole rings is 1. The number of nitro groups is 1. The SMILES string of the molecule is CCOC(=O)[C@@H]1C(=O)Nc2nc3ccccc3n2[C@@H]1c1ccc([N+](=O)[O-])cc1. The van der Waals surface area contributed by atoms with Gasteiger partial charge in [-0.15, -0.1) is 0 Å². The molecule has 4 rings (SSSR count). The van der Waals surface area contributed by atoms with Gasteiger partial charge in [0.25, 0.3) is 5.69 Å².